The average Bonchev–Trinajstić information content (AvgIpc) is 3.28. The highest BCUT2D eigenvalue weighted by atomic mass is 16.6. The molecule has 0 aromatic carbocycles. The predicted molar refractivity (Wildman–Crippen MR) is 249 cm³/mol. The number of ether oxygens (including phenoxy) is 5. The number of amides is 1. The molecular weight excluding hydrogens is 831 g/mol. The monoisotopic (exact) mass is 914 g/mol. The molecular formula is C52H83NO12. The summed E-state index contributed by atoms with van der Waals surface area (Å²) in [5, 5.41) is 34.1. The summed E-state index contributed by atoms with van der Waals surface area (Å²) >= 11 is 0. The Labute approximate surface area is 389 Å². The lowest BCUT2D eigenvalue weighted by Gasteiger charge is -2.42. The van der Waals surface area contributed by atoms with Gasteiger partial charge in [-0.15, -0.1) is 0 Å². The molecule has 0 aromatic rings. The molecule has 3 N–H and O–H groups in total. The zero-order chi connectivity index (χ0) is 48.2. The second-order valence-corrected chi connectivity index (χ2v) is 20.2. The van der Waals surface area contributed by atoms with Gasteiger partial charge < -0.3 is 43.9 Å². The molecule has 1 amide bonds. The number of aliphatic hydroxyl groups is 3. The van der Waals surface area contributed by atoms with Crippen molar-refractivity contribution < 1.29 is 58.2 Å². The van der Waals surface area contributed by atoms with E-state index in [4.69, 9.17) is 23.7 Å². The van der Waals surface area contributed by atoms with E-state index in [9.17, 15) is 34.5 Å². The van der Waals surface area contributed by atoms with Gasteiger partial charge in [-0.2, -0.15) is 0 Å². The Morgan fingerprint density at radius 1 is 0.846 bits per heavy atom. The van der Waals surface area contributed by atoms with Crippen molar-refractivity contribution in [2.75, 3.05) is 27.9 Å². The molecule has 1 aliphatic carbocycles. The molecule has 3 aliphatic heterocycles. The van der Waals surface area contributed by atoms with Gasteiger partial charge in [0.05, 0.1) is 30.5 Å². The molecule has 13 heteroatoms. The highest BCUT2D eigenvalue weighted by Crippen LogP contribution is 2.38. The number of carbonyl (C=O) groups is 4. The fourth-order valence-electron chi connectivity index (χ4n) is 10.5. The number of fused-ring (bicyclic) bond motifs is 3. The number of cyclic esters (lactones) is 1. The Kier molecular flexibility index (Phi) is 21.3. The molecule has 4 rings (SSSR count). The molecule has 3 fully saturated rings. The molecule has 0 spiro atoms. The van der Waals surface area contributed by atoms with Crippen molar-refractivity contribution in [3.63, 3.8) is 0 Å². The van der Waals surface area contributed by atoms with E-state index in [-0.39, 0.29) is 67.0 Å². The predicted octanol–water partition coefficient (Wildman–Crippen LogP) is 7.25. The quantitative estimate of drug-likeness (QED) is 0.138. The number of ketones is 2. The van der Waals surface area contributed by atoms with Crippen molar-refractivity contribution in [2.24, 2.45) is 41.4 Å². The van der Waals surface area contributed by atoms with E-state index in [1.807, 2.05) is 38.2 Å². The van der Waals surface area contributed by atoms with Gasteiger partial charge in [-0.25, -0.2) is 4.79 Å². The number of piperidine rings is 1. The fourth-order valence-corrected chi connectivity index (χ4v) is 10.5. The van der Waals surface area contributed by atoms with Crippen LogP contribution in [0.1, 0.15) is 132 Å². The van der Waals surface area contributed by atoms with E-state index in [2.05, 4.69) is 26.8 Å². The smallest absolute Gasteiger partial charge is 0.329 e. The molecule has 3 heterocycles. The molecule has 2 saturated heterocycles. The van der Waals surface area contributed by atoms with Crippen LogP contribution in [0.3, 0.4) is 0 Å². The first kappa shape index (κ1) is 54.6. The first-order valence-electron chi connectivity index (χ1n) is 24.4. The number of carbonyl (C=O) groups excluding carboxylic acids is 4. The molecule has 368 valence electrons. The Morgan fingerprint density at radius 2 is 1.57 bits per heavy atom. The summed E-state index contributed by atoms with van der Waals surface area (Å²) in [6.07, 6.45) is 13.6. The van der Waals surface area contributed by atoms with Gasteiger partial charge in [-0.05, 0) is 119 Å². The highest BCUT2D eigenvalue weighted by molar-refractivity contribution is 6.39. The highest BCUT2D eigenvalue weighted by Gasteiger charge is 2.53. The second-order valence-electron chi connectivity index (χ2n) is 20.2. The van der Waals surface area contributed by atoms with Crippen LogP contribution in [0, 0.1) is 41.4 Å². The van der Waals surface area contributed by atoms with Gasteiger partial charge in [0.25, 0.3) is 11.7 Å². The zero-order valence-electron chi connectivity index (χ0n) is 41.3. The third-order valence-electron chi connectivity index (χ3n) is 15.2. The molecule has 65 heavy (non-hydrogen) atoms. The molecule has 13 nitrogen and oxygen atoms in total. The van der Waals surface area contributed by atoms with Crippen LogP contribution in [0.2, 0.25) is 0 Å². The van der Waals surface area contributed by atoms with E-state index in [0.29, 0.717) is 56.9 Å². The van der Waals surface area contributed by atoms with Crippen LogP contribution < -0.4 is 0 Å². The number of esters is 1. The number of methoxy groups -OCH3 is 3. The summed E-state index contributed by atoms with van der Waals surface area (Å²) in [6, 6.07) is -1.11. The normalized spacial score (nSPS) is 41.5. The van der Waals surface area contributed by atoms with E-state index in [0.717, 1.165) is 18.4 Å². The van der Waals surface area contributed by atoms with Gasteiger partial charge in [0, 0.05) is 52.6 Å². The molecule has 4 aliphatic rings. The van der Waals surface area contributed by atoms with Crippen LogP contribution in [0.5, 0.6) is 0 Å². The number of allylic oxidation sites excluding steroid dienone is 6. The van der Waals surface area contributed by atoms with Gasteiger partial charge in [0.2, 0.25) is 5.79 Å². The minimum absolute atomic E-state index is 0.0134. The van der Waals surface area contributed by atoms with Crippen molar-refractivity contribution in [2.45, 2.75) is 187 Å². The number of hydrogen-bond donors (Lipinski definition) is 3. The van der Waals surface area contributed by atoms with Crippen molar-refractivity contribution in [3.05, 3.63) is 47.6 Å². The number of nitrogens with zero attached hydrogens (tertiary/aromatic N) is 1. The number of aliphatic hydroxyl groups excluding tert-OH is 2. The van der Waals surface area contributed by atoms with Gasteiger partial charge >= 0.3 is 5.97 Å². The van der Waals surface area contributed by atoms with Gasteiger partial charge in [0.15, 0.2) is 0 Å². The van der Waals surface area contributed by atoms with Gasteiger partial charge in [-0.1, -0.05) is 78.0 Å². The number of rotatable bonds is 6. The minimum atomic E-state index is -2.41. The topological polar surface area (TPSA) is 178 Å². The molecule has 0 unspecified atom stereocenters. The Balaban J connectivity index is 1.70. The summed E-state index contributed by atoms with van der Waals surface area (Å²) in [6.45, 7) is 15.7. The largest absolute Gasteiger partial charge is 0.460 e. The Morgan fingerprint density at radius 3 is 2.25 bits per heavy atom. The lowest BCUT2D eigenvalue weighted by Crippen LogP contribution is -2.61. The second kappa shape index (κ2) is 25.4. The van der Waals surface area contributed by atoms with Crippen LogP contribution in [-0.4, -0.2) is 126 Å². The minimum Gasteiger partial charge on any atom is -0.460 e. The van der Waals surface area contributed by atoms with Crippen LogP contribution in [0.25, 0.3) is 0 Å². The lowest BCUT2D eigenvalue weighted by atomic mass is 9.78. The average molecular weight is 914 g/mol. The first-order valence-corrected chi connectivity index (χ1v) is 24.4. The van der Waals surface area contributed by atoms with E-state index < -0.39 is 71.8 Å². The Bertz CT molecular complexity index is 1710. The summed E-state index contributed by atoms with van der Waals surface area (Å²) in [5.41, 5.74) is 1.53. The van der Waals surface area contributed by atoms with Gasteiger partial charge in [0.1, 0.15) is 24.0 Å². The molecule has 0 radical (unpaired) electrons. The third-order valence-corrected chi connectivity index (χ3v) is 15.2. The molecule has 16 atom stereocenters. The summed E-state index contributed by atoms with van der Waals surface area (Å²) < 4.78 is 29.8. The summed E-state index contributed by atoms with van der Waals surface area (Å²) in [5.74, 6) is -6.46. The van der Waals surface area contributed by atoms with Crippen LogP contribution in [0.4, 0.5) is 0 Å². The first-order chi connectivity index (χ1) is 30.7. The van der Waals surface area contributed by atoms with Crippen molar-refractivity contribution in [1.29, 1.82) is 0 Å². The zero-order valence-corrected chi connectivity index (χ0v) is 41.3. The third kappa shape index (κ3) is 14.5. The van der Waals surface area contributed by atoms with E-state index in [1.54, 1.807) is 48.2 Å². The fraction of sp³-hybridized carbons (Fsp3) is 0.769. The molecule has 0 aromatic heterocycles. The summed E-state index contributed by atoms with van der Waals surface area (Å²) in [7, 11) is 4.79. The van der Waals surface area contributed by atoms with Crippen LogP contribution in [0.15, 0.2) is 47.6 Å². The SMILES string of the molecule is CO[C@H]1[C@@H](C)[C@H](C)C[C@H](C)/C=C/C=C/C=C(\C)[C@@H](OC)C[C@@H]2CC[C@@H](C)[C@@](O)(O2)C(=O)C(=O)N2CCCC[C@H]2C(=O)O[C@H]([C@H](C)C[C@@H]2CC[C@@H](O)[C@H](OC)C2)CC(=O)[C@H](C)/C=C(\C)[C@H]1O. The maximum Gasteiger partial charge on any atom is 0.329 e. The van der Waals surface area contributed by atoms with Crippen molar-refractivity contribution in [1.82, 2.24) is 4.90 Å². The van der Waals surface area contributed by atoms with Crippen molar-refractivity contribution >= 4 is 23.4 Å². The van der Waals surface area contributed by atoms with Crippen molar-refractivity contribution in [3.8, 4) is 0 Å². The number of Topliss-reactive ketones (excluding diaryl/α,β-unsaturated/α-hetero) is 2. The van der Waals surface area contributed by atoms with E-state index >= 15 is 0 Å². The summed E-state index contributed by atoms with van der Waals surface area (Å²) in [4.78, 5) is 58.3. The maximum absolute atomic E-state index is 14.4. The van der Waals surface area contributed by atoms with Crippen LogP contribution in [-0.2, 0) is 42.9 Å². The van der Waals surface area contributed by atoms with E-state index in [1.165, 1.54) is 4.90 Å². The standard InChI is InChI=1S/C52H83NO12/c1-31-17-13-12-14-18-32(2)44(61-9)29-40-22-20-37(7)52(60,65-40)49(57)50(58)53-24-16-15-19-41(53)51(59)64-45(35(5)27-39-21-23-42(54)46(28-39)62-10)30-43(55)34(4)26-36(6)47(56)48(63-11)38(8)33(3)25-31/h12-14,17-18,26,31,33-35,37-42,44-48,54,56,60H,15-16,19-25,27-30H2,1-11H3/b14-12+,17-13+,32-18+,36-26+/t31-,33-,34-,35-,37-,38+,39+,40+,41+,42-,44+,45+,46-,47-,48+,52-/m1/s1. The molecule has 1 saturated carbocycles. The lowest BCUT2D eigenvalue weighted by molar-refractivity contribution is -0.265. The van der Waals surface area contributed by atoms with Crippen LogP contribution >= 0.6 is 0 Å². The van der Waals surface area contributed by atoms with Gasteiger partial charge in [-0.3, -0.25) is 14.4 Å². The Hall–Kier alpha value is -3.04. The maximum atomic E-state index is 14.4. The molecule has 2 bridgehead atoms. The number of hydrogen-bond acceptors (Lipinski definition) is 12.